The lowest BCUT2D eigenvalue weighted by molar-refractivity contribution is -0.385. The van der Waals surface area contributed by atoms with Gasteiger partial charge in [-0.1, -0.05) is 0 Å². The molecule has 0 saturated carbocycles. The van der Waals surface area contributed by atoms with Gasteiger partial charge in [0.1, 0.15) is 6.54 Å². The number of pyridine rings is 1. The fourth-order valence-corrected chi connectivity index (χ4v) is 2.68. The van der Waals surface area contributed by atoms with E-state index in [9.17, 15) is 19.7 Å². The van der Waals surface area contributed by atoms with Gasteiger partial charge in [0, 0.05) is 36.6 Å². The second kappa shape index (κ2) is 7.79. The van der Waals surface area contributed by atoms with E-state index in [1.807, 2.05) is 12.1 Å². The molecular formula is C17H18N4O5. The van der Waals surface area contributed by atoms with Crippen LogP contribution in [0.5, 0.6) is 0 Å². The van der Waals surface area contributed by atoms with Crippen LogP contribution in [0, 0.1) is 10.1 Å². The summed E-state index contributed by atoms with van der Waals surface area (Å²) < 4.78 is 6.33. The Kier molecular flexibility index (Phi) is 5.28. The monoisotopic (exact) mass is 358 g/mol. The van der Waals surface area contributed by atoms with Crippen molar-refractivity contribution in [2.24, 2.45) is 0 Å². The van der Waals surface area contributed by atoms with Gasteiger partial charge < -0.3 is 15.0 Å². The average molecular weight is 358 g/mol. The summed E-state index contributed by atoms with van der Waals surface area (Å²) in [7, 11) is 0. The second-order valence-electron chi connectivity index (χ2n) is 5.81. The van der Waals surface area contributed by atoms with Gasteiger partial charge in [0.05, 0.1) is 24.3 Å². The van der Waals surface area contributed by atoms with Crippen molar-refractivity contribution in [3.8, 4) is 0 Å². The number of ether oxygens (including phenoxy) is 1. The number of rotatable bonds is 5. The minimum absolute atomic E-state index is 0.243. The van der Waals surface area contributed by atoms with Gasteiger partial charge in [-0.3, -0.25) is 24.3 Å². The molecule has 0 radical (unpaired) electrons. The van der Waals surface area contributed by atoms with E-state index in [2.05, 4.69) is 10.2 Å². The predicted molar refractivity (Wildman–Crippen MR) is 95.5 cm³/mol. The molecule has 2 heterocycles. The lowest BCUT2D eigenvalue weighted by Gasteiger charge is -2.28. The van der Waals surface area contributed by atoms with Crippen molar-refractivity contribution < 1.29 is 14.5 Å². The number of anilines is 2. The zero-order chi connectivity index (χ0) is 18.5. The van der Waals surface area contributed by atoms with Crippen LogP contribution in [0.4, 0.5) is 17.1 Å². The van der Waals surface area contributed by atoms with Gasteiger partial charge >= 0.3 is 0 Å². The maximum atomic E-state index is 12.1. The number of hydrogen-bond donors (Lipinski definition) is 1. The van der Waals surface area contributed by atoms with Gasteiger partial charge in [-0.15, -0.1) is 0 Å². The van der Waals surface area contributed by atoms with Crippen LogP contribution in [0.25, 0.3) is 0 Å². The predicted octanol–water partition coefficient (Wildman–Crippen LogP) is 1.23. The molecule has 0 aliphatic carbocycles. The summed E-state index contributed by atoms with van der Waals surface area (Å²) in [4.78, 5) is 36.2. The SMILES string of the molecule is O=C(Cn1cc([N+](=O)[O-])ccc1=O)Nc1ccc(N2CCOCC2)cc1. The third kappa shape index (κ3) is 4.25. The van der Waals surface area contributed by atoms with Crippen molar-refractivity contribution in [3.63, 3.8) is 0 Å². The topological polar surface area (TPSA) is 107 Å². The van der Waals surface area contributed by atoms with Crippen molar-refractivity contribution in [1.29, 1.82) is 0 Å². The van der Waals surface area contributed by atoms with Crippen LogP contribution >= 0.6 is 0 Å². The van der Waals surface area contributed by atoms with E-state index in [0.29, 0.717) is 18.9 Å². The fraction of sp³-hybridized carbons (Fsp3) is 0.294. The molecule has 9 heteroatoms. The molecule has 26 heavy (non-hydrogen) atoms. The summed E-state index contributed by atoms with van der Waals surface area (Å²) in [6.07, 6.45) is 1.06. The van der Waals surface area contributed by atoms with Gasteiger partial charge in [0.2, 0.25) is 5.91 Å². The van der Waals surface area contributed by atoms with Gasteiger partial charge in [-0.2, -0.15) is 0 Å². The highest BCUT2D eigenvalue weighted by Gasteiger charge is 2.13. The number of amides is 1. The summed E-state index contributed by atoms with van der Waals surface area (Å²) in [6.45, 7) is 2.72. The highest BCUT2D eigenvalue weighted by molar-refractivity contribution is 5.90. The number of morpholine rings is 1. The van der Waals surface area contributed by atoms with Crippen molar-refractivity contribution in [3.05, 3.63) is 63.1 Å². The average Bonchev–Trinajstić information content (AvgIpc) is 2.64. The van der Waals surface area contributed by atoms with Gasteiger partial charge in [-0.25, -0.2) is 0 Å². The van der Waals surface area contributed by atoms with Crippen LogP contribution in [0.3, 0.4) is 0 Å². The van der Waals surface area contributed by atoms with Crippen LogP contribution in [0.1, 0.15) is 0 Å². The minimum atomic E-state index is -0.613. The van der Waals surface area contributed by atoms with Gasteiger partial charge in [-0.05, 0) is 24.3 Å². The van der Waals surface area contributed by atoms with Crippen molar-refractivity contribution in [2.75, 3.05) is 36.5 Å². The Labute approximate surface area is 149 Å². The highest BCUT2D eigenvalue weighted by Crippen LogP contribution is 2.19. The molecule has 1 fully saturated rings. The minimum Gasteiger partial charge on any atom is -0.378 e. The quantitative estimate of drug-likeness (QED) is 0.636. The smallest absolute Gasteiger partial charge is 0.285 e. The molecule has 1 amide bonds. The van der Waals surface area contributed by atoms with Crippen LogP contribution < -0.4 is 15.8 Å². The first-order valence-electron chi connectivity index (χ1n) is 8.10. The van der Waals surface area contributed by atoms with E-state index < -0.39 is 16.4 Å². The third-order valence-corrected chi connectivity index (χ3v) is 4.02. The first-order chi connectivity index (χ1) is 12.5. The second-order valence-corrected chi connectivity index (χ2v) is 5.81. The number of aromatic nitrogens is 1. The molecule has 2 aromatic rings. The number of nitrogens with one attached hydrogen (secondary N) is 1. The summed E-state index contributed by atoms with van der Waals surface area (Å²) in [5.41, 5.74) is 0.910. The number of benzene rings is 1. The molecule has 3 rings (SSSR count). The van der Waals surface area contributed by atoms with Crippen LogP contribution in [-0.2, 0) is 16.1 Å². The number of nitrogens with zero attached hydrogens (tertiary/aromatic N) is 3. The Balaban J connectivity index is 1.64. The molecule has 1 aromatic heterocycles. The molecule has 1 saturated heterocycles. The van der Waals surface area contributed by atoms with E-state index in [-0.39, 0.29) is 12.2 Å². The first-order valence-corrected chi connectivity index (χ1v) is 8.10. The number of carbonyl (C=O) groups excluding carboxylic acids is 1. The van der Waals surface area contributed by atoms with E-state index in [4.69, 9.17) is 4.74 Å². The Morgan fingerprint density at radius 2 is 1.85 bits per heavy atom. The summed E-state index contributed by atoms with van der Waals surface area (Å²) >= 11 is 0. The number of nitro groups is 1. The van der Waals surface area contributed by atoms with E-state index in [1.165, 1.54) is 0 Å². The van der Waals surface area contributed by atoms with E-state index >= 15 is 0 Å². The summed E-state index contributed by atoms with van der Waals surface area (Å²) in [5.74, 6) is -0.438. The molecule has 0 spiro atoms. The summed E-state index contributed by atoms with van der Waals surface area (Å²) in [5, 5.41) is 13.5. The van der Waals surface area contributed by atoms with E-state index in [1.54, 1.807) is 12.1 Å². The lowest BCUT2D eigenvalue weighted by Crippen LogP contribution is -2.36. The normalized spacial score (nSPS) is 14.1. The summed E-state index contributed by atoms with van der Waals surface area (Å²) in [6, 6.07) is 9.54. The maximum absolute atomic E-state index is 12.1. The number of hydrogen-bond acceptors (Lipinski definition) is 6. The van der Waals surface area contributed by atoms with Crippen LogP contribution in [0.15, 0.2) is 47.4 Å². The molecule has 0 unspecified atom stereocenters. The molecule has 1 aliphatic rings. The lowest BCUT2D eigenvalue weighted by atomic mass is 10.2. The molecule has 0 bridgehead atoms. The Morgan fingerprint density at radius 3 is 2.50 bits per heavy atom. The molecule has 1 aromatic carbocycles. The Morgan fingerprint density at radius 1 is 1.15 bits per heavy atom. The molecule has 136 valence electrons. The Bertz CT molecular complexity index is 856. The van der Waals surface area contributed by atoms with Crippen molar-refractivity contribution >= 4 is 23.0 Å². The van der Waals surface area contributed by atoms with Crippen LogP contribution in [0.2, 0.25) is 0 Å². The fourth-order valence-electron chi connectivity index (χ4n) is 2.68. The van der Waals surface area contributed by atoms with Gasteiger partial charge in [0.15, 0.2) is 0 Å². The third-order valence-electron chi connectivity index (χ3n) is 4.02. The maximum Gasteiger partial charge on any atom is 0.285 e. The first kappa shape index (κ1) is 17.6. The standard InChI is InChI=1S/C17H18N4O5/c22-16(12-20-11-15(21(24)25)5-6-17(20)23)18-13-1-3-14(4-2-13)19-7-9-26-10-8-19/h1-6,11H,7-10,12H2,(H,18,22). The molecule has 1 N–H and O–H groups in total. The molecular weight excluding hydrogens is 340 g/mol. The van der Waals surface area contributed by atoms with Crippen molar-refractivity contribution in [2.45, 2.75) is 6.54 Å². The molecule has 1 aliphatic heterocycles. The van der Waals surface area contributed by atoms with Gasteiger partial charge in [0.25, 0.3) is 11.2 Å². The largest absolute Gasteiger partial charge is 0.378 e. The highest BCUT2D eigenvalue weighted by atomic mass is 16.6. The molecule has 9 nitrogen and oxygen atoms in total. The zero-order valence-electron chi connectivity index (χ0n) is 14.0. The van der Waals surface area contributed by atoms with Crippen LogP contribution in [-0.4, -0.2) is 41.7 Å². The zero-order valence-corrected chi connectivity index (χ0v) is 14.0. The Hall–Kier alpha value is -3.20. The number of carbonyl (C=O) groups is 1. The van der Waals surface area contributed by atoms with E-state index in [0.717, 1.165) is 41.7 Å². The molecule has 0 atom stereocenters. The van der Waals surface area contributed by atoms with Crippen molar-refractivity contribution in [1.82, 2.24) is 4.57 Å².